The third kappa shape index (κ3) is 2.01. The fourth-order valence-corrected chi connectivity index (χ4v) is 3.21. The van der Waals surface area contributed by atoms with Crippen LogP contribution in [0.15, 0.2) is 9.59 Å². The average molecular weight is 382 g/mol. The summed E-state index contributed by atoms with van der Waals surface area (Å²) in [5, 5.41) is 0. The summed E-state index contributed by atoms with van der Waals surface area (Å²) in [4.78, 5) is 33.4. The smallest absolute Gasteiger partial charge is 0.332 e. The van der Waals surface area contributed by atoms with Crippen LogP contribution in [-0.4, -0.2) is 19.1 Å². The van der Waals surface area contributed by atoms with Crippen LogP contribution in [-0.2, 0) is 18.5 Å². The van der Waals surface area contributed by atoms with Gasteiger partial charge in [0.1, 0.15) is 11.3 Å². The number of aromatic nitrogens is 4. The Morgan fingerprint density at radius 1 is 1.27 bits per heavy atom. The minimum atomic E-state index is -4.21. The van der Waals surface area contributed by atoms with Crippen LogP contribution in [0.3, 0.4) is 0 Å². The molecule has 2 unspecified atom stereocenters. The van der Waals surface area contributed by atoms with Crippen LogP contribution in [0.2, 0.25) is 0 Å². The number of hydrogen-bond acceptors (Lipinski definition) is 3. The van der Waals surface area contributed by atoms with E-state index in [4.69, 9.17) is 32.9 Å². The van der Waals surface area contributed by atoms with Gasteiger partial charge in [-0.2, -0.15) is 0 Å². The van der Waals surface area contributed by atoms with Crippen molar-refractivity contribution in [2.45, 2.75) is 76.8 Å². The molecule has 2 aromatic rings. The van der Waals surface area contributed by atoms with Crippen LogP contribution in [0.4, 0.5) is 0 Å². The maximum absolute atomic E-state index is 13.9. The highest BCUT2D eigenvalue weighted by Gasteiger charge is 2.59. The summed E-state index contributed by atoms with van der Waals surface area (Å²) in [5.41, 5.74) is -10.9. The van der Waals surface area contributed by atoms with E-state index in [2.05, 4.69) is 4.98 Å². The first-order valence-electron chi connectivity index (χ1n) is 19.9. The van der Waals surface area contributed by atoms with Gasteiger partial charge in [-0.25, -0.2) is 9.78 Å². The summed E-state index contributed by atoms with van der Waals surface area (Å²) in [5.74, 6) is -13.7. The molecule has 2 atom stereocenters. The van der Waals surface area contributed by atoms with Crippen molar-refractivity contribution >= 4 is 11.2 Å². The first kappa shape index (κ1) is 4.58. The van der Waals surface area contributed by atoms with Crippen molar-refractivity contribution in [3.8, 4) is 0 Å². The number of imidazole rings is 1. The molecule has 0 aromatic carbocycles. The zero-order valence-electron chi connectivity index (χ0n) is 37.9. The van der Waals surface area contributed by atoms with Gasteiger partial charge in [-0.05, 0) is 62.3 Å². The molecule has 0 amide bonds. The number of hydrogen-bond donors (Lipinski definition) is 1. The summed E-state index contributed by atoms with van der Waals surface area (Å²) < 4.78 is 209. The molecule has 6 nitrogen and oxygen atoms in total. The van der Waals surface area contributed by atoms with Crippen LogP contribution in [0, 0.1) is 17.7 Å². The van der Waals surface area contributed by atoms with Crippen molar-refractivity contribution in [1.29, 1.82) is 0 Å². The van der Waals surface area contributed by atoms with E-state index in [-0.39, 0.29) is 4.57 Å². The van der Waals surface area contributed by atoms with Gasteiger partial charge in [0.25, 0.3) is 5.56 Å². The van der Waals surface area contributed by atoms with Crippen molar-refractivity contribution in [1.82, 2.24) is 19.1 Å². The summed E-state index contributed by atoms with van der Waals surface area (Å²) in [6.45, 7) is -13.5. The molecule has 140 valence electrons. The quantitative estimate of drug-likeness (QED) is 0.865. The van der Waals surface area contributed by atoms with E-state index >= 15 is 0 Å². The predicted octanol–water partition coefficient (Wildman–Crippen LogP) is 2.78. The molecule has 6 rings (SSSR count). The molecule has 0 aliphatic heterocycles. The number of nitrogens with one attached hydrogen (secondary N) is 1. The lowest BCUT2D eigenvalue weighted by Gasteiger charge is -2.30. The second-order valence-electron chi connectivity index (χ2n) is 5.71. The van der Waals surface area contributed by atoms with E-state index in [1.54, 1.807) is 0 Å². The van der Waals surface area contributed by atoms with Crippen LogP contribution < -0.4 is 11.2 Å². The second-order valence-corrected chi connectivity index (χ2v) is 5.71. The molecule has 26 heavy (non-hydrogen) atoms. The standard InChI is InChI=1S/C20H28N4O2/c1-3-5-23-16-15(17(25)24(6-4-2)19(23)26)21-18(22-16)20-10-12-7-13(11-20)9-14(20)8-12/h12-14H,3-11H2,1-2H3,(H,21,22)/i1D3,2D3,3D2,4D2,5D2,7D2,8D2,9D2,10D2,11D2,12D,13D,14D. The maximum atomic E-state index is 13.9. The number of H-pyrrole nitrogens is 1. The summed E-state index contributed by atoms with van der Waals surface area (Å²) in [6, 6.07) is 0. The third-order valence-electron chi connectivity index (χ3n) is 4.29. The number of nitrogens with zero attached hydrogens (tertiary/aromatic N) is 3. The Kier molecular flexibility index (Phi) is 0.982. The molecule has 6 heteroatoms. The van der Waals surface area contributed by atoms with Crippen molar-refractivity contribution in [2.24, 2.45) is 17.7 Å². The van der Waals surface area contributed by atoms with E-state index in [1.165, 1.54) is 0 Å². The van der Waals surface area contributed by atoms with Crippen molar-refractivity contribution in [2.75, 3.05) is 0 Å². The minimum Gasteiger partial charge on any atom is -0.336 e. The van der Waals surface area contributed by atoms with E-state index < -0.39 is 127 Å². The van der Waals surface area contributed by atoms with Crippen LogP contribution >= 0.6 is 0 Å². The largest absolute Gasteiger partial charge is 0.336 e. The lowest BCUT2D eigenvalue weighted by atomic mass is 9.75. The lowest BCUT2D eigenvalue weighted by molar-refractivity contribution is 0.262. The van der Waals surface area contributed by atoms with Gasteiger partial charge in [-0.3, -0.25) is 13.9 Å². The van der Waals surface area contributed by atoms with Gasteiger partial charge in [0, 0.05) is 52.7 Å². The molecule has 4 fully saturated rings. The van der Waals surface area contributed by atoms with Gasteiger partial charge in [0.15, 0.2) is 5.65 Å². The molecule has 0 radical (unpaired) electrons. The fraction of sp³-hybridized carbons (Fsp3) is 0.750. The Morgan fingerprint density at radius 2 is 2.04 bits per heavy atom. The van der Waals surface area contributed by atoms with Gasteiger partial charge < -0.3 is 4.98 Å². The first-order valence-corrected chi connectivity index (χ1v) is 7.39. The van der Waals surface area contributed by atoms with Crippen molar-refractivity contribution < 1.29 is 34.3 Å². The topological polar surface area (TPSA) is 72.7 Å². The summed E-state index contributed by atoms with van der Waals surface area (Å²) in [6.07, 6.45) is -28.2. The molecule has 2 aromatic heterocycles. The average Bonchev–Trinajstić information content (AvgIpc) is 3.40. The Balaban J connectivity index is 2.06. The number of fused-ring (bicyclic) bond motifs is 1. The van der Waals surface area contributed by atoms with E-state index in [9.17, 15) is 11.0 Å². The van der Waals surface area contributed by atoms with Crippen molar-refractivity contribution in [3.63, 3.8) is 0 Å². The zero-order valence-corrected chi connectivity index (χ0v) is 12.9. The first-order chi connectivity index (χ1) is 22.1. The molecule has 4 aliphatic rings. The fourth-order valence-electron chi connectivity index (χ4n) is 3.21. The van der Waals surface area contributed by atoms with Crippen molar-refractivity contribution in [3.05, 3.63) is 26.7 Å². The van der Waals surface area contributed by atoms with Crippen LogP contribution in [0.25, 0.3) is 11.2 Å². The molecule has 1 N–H and O–H groups in total. The van der Waals surface area contributed by atoms with Gasteiger partial charge in [-0.15, -0.1) is 0 Å². The highest BCUT2D eigenvalue weighted by Crippen LogP contribution is 2.65. The number of aryl methyl sites for hydroxylation is 1. The monoisotopic (exact) mass is 381 g/mol. The van der Waals surface area contributed by atoms with Gasteiger partial charge >= 0.3 is 5.69 Å². The Labute approximate surface area is 187 Å². The predicted molar refractivity (Wildman–Crippen MR) is 100 cm³/mol. The SMILES string of the molecule is [2H]C([2H])([2H])C([2H])([2H])Cn1c(=O)c2[nH]c(C34C([2H])([2H])C5([2H])C([2H])([2H])C([2H])(C([2H])([2H])C3([2H])C5([2H])[2H])C4([2H])[2H])nc2n(C([2H])([2H])C([2H])([2H])C([2H])([2H])[2H])c1=O. The number of aromatic amines is 1. The van der Waals surface area contributed by atoms with E-state index in [0.29, 0.717) is 0 Å². The van der Waals surface area contributed by atoms with Gasteiger partial charge in [-0.1, -0.05) is 13.7 Å². The molecule has 4 saturated carbocycles. The summed E-state index contributed by atoms with van der Waals surface area (Å²) >= 11 is 0. The normalized spacial score (nSPS) is 67.2. The second kappa shape index (κ2) is 5.57. The number of rotatable bonds is 5. The van der Waals surface area contributed by atoms with Crippen LogP contribution in [0.1, 0.15) is 98.4 Å². The molecule has 4 bridgehead atoms. The molecule has 0 saturated heterocycles. The summed E-state index contributed by atoms with van der Waals surface area (Å²) in [7, 11) is 0. The van der Waals surface area contributed by atoms with Crippen LogP contribution in [0.5, 0.6) is 0 Å². The lowest BCUT2D eigenvalue weighted by Crippen LogP contribution is -2.40. The Morgan fingerprint density at radius 3 is 2.77 bits per heavy atom. The molecular formula is C20H28N4O2. The van der Waals surface area contributed by atoms with Gasteiger partial charge in [0.2, 0.25) is 0 Å². The van der Waals surface area contributed by atoms with E-state index in [1.807, 2.05) is 4.98 Å². The zero-order chi connectivity index (χ0) is 40.2. The Bertz CT molecular complexity index is 1940. The third-order valence-corrected chi connectivity index (χ3v) is 4.29. The maximum Gasteiger partial charge on any atom is 0.332 e. The van der Waals surface area contributed by atoms with Gasteiger partial charge in [0.05, 0.1) is 0 Å². The molecule has 4 aliphatic carbocycles. The molecule has 2 heterocycles. The highest BCUT2D eigenvalue weighted by atomic mass is 16.2. The Hall–Kier alpha value is -1.85. The minimum absolute atomic E-state index is 0.311. The molecular weight excluding hydrogens is 328 g/mol. The molecule has 0 spiro atoms. The van der Waals surface area contributed by atoms with E-state index in [0.717, 1.165) is 0 Å². The highest BCUT2D eigenvalue weighted by molar-refractivity contribution is 5.70.